The van der Waals surface area contributed by atoms with Crippen LogP contribution in [0.4, 0.5) is 5.69 Å². The van der Waals surface area contributed by atoms with E-state index in [1.807, 2.05) is 18.4 Å². The number of aromatic nitrogens is 1. The predicted molar refractivity (Wildman–Crippen MR) is 68.2 cm³/mol. The lowest BCUT2D eigenvalue weighted by Gasteiger charge is -2.14. The SMILES string of the molecule is CC(C)C(O)COC(=O)c1cc(N)cn1C1CC1. The minimum Gasteiger partial charge on any atom is -0.458 e. The molecule has 5 nitrogen and oxygen atoms in total. The Balaban J connectivity index is 2.00. The van der Waals surface area contributed by atoms with Crippen molar-refractivity contribution < 1.29 is 14.6 Å². The van der Waals surface area contributed by atoms with E-state index in [1.54, 1.807) is 12.3 Å². The zero-order chi connectivity index (χ0) is 13.3. The van der Waals surface area contributed by atoms with Gasteiger partial charge in [-0.2, -0.15) is 0 Å². The molecule has 0 spiro atoms. The Bertz CT molecular complexity index is 435. The molecule has 1 unspecified atom stereocenters. The standard InChI is InChI=1S/C13H20N2O3/c1-8(2)12(16)7-18-13(17)11-5-9(14)6-15(11)10-3-4-10/h5-6,8,10,12,16H,3-4,7,14H2,1-2H3. The van der Waals surface area contributed by atoms with E-state index in [0.717, 1.165) is 12.8 Å². The highest BCUT2D eigenvalue weighted by Gasteiger charge is 2.28. The summed E-state index contributed by atoms with van der Waals surface area (Å²) in [5.41, 5.74) is 6.75. The number of hydrogen-bond acceptors (Lipinski definition) is 4. The van der Waals surface area contributed by atoms with Crippen molar-refractivity contribution >= 4 is 11.7 Å². The number of nitrogen functional groups attached to an aromatic ring is 1. The molecule has 0 bridgehead atoms. The molecule has 1 saturated carbocycles. The number of nitrogens with two attached hydrogens (primary N) is 1. The minimum atomic E-state index is -0.629. The number of anilines is 1. The molecule has 0 amide bonds. The van der Waals surface area contributed by atoms with Gasteiger partial charge in [-0.15, -0.1) is 0 Å². The van der Waals surface area contributed by atoms with Gasteiger partial charge >= 0.3 is 5.97 Å². The summed E-state index contributed by atoms with van der Waals surface area (Å²) in [7, 11) is 0. The van der Waals surface area contributed by atoms with Crippen LogP contribution in [0.25, 0.3) is 0 Å². The van der Waals surface area contributed by atoms with E-state index in [1.165, 1.54) is 0 Å². The maximum Gasteiger partial charge on any atom is 0.355 e. The lowest BCUT2D eigenvalue weighted by molar-refractivity contribution is 0.0128. The van der Waals surface area contributed by atoms with Gasteiger partial charge < -0.3 is 20.1 Å². The highest BCUT2D eigenvalue weighted by atomic mass is 16.5. The summed E-state index contributed by atoms with van der Waals surface area (Å²) in [6, 6.07) is 2.00. The van der Waals surface area contributed by atoms with Crippen LogP contribution in [0.2, 0.25) is 0 Å². The molecule has 100 valence electrons. The van der Waals surface area contributed by atoms with Crippen LogP contribution in [0.3, 0.4) is 0 Å². The Morgan fingerprint density at radius 2 is 2.28 bits per heavy atom. The first kappa shape index (κ1) is 13.0. The number of nitrogens with zero attached hydrogens (tertiary/aromatic N) is 1. The zero-order valence-electron chi connectivity index (χ0n) is 10.8. The molecule has 5 heteroatoms. The maximum atomic E-state index is 11.9. The van der Waals surface area contributed by atoms with Gasteiger partial charge in [0.2, 0.25) is 0 Å². The Morgan fingerprint density at radius 3 is 2.83 bits per heavy atom. The second-order valence-corrected chi connectivity index (χ2v) is 5.21. The highest BCUT2D eigenvalue weighted by Crippen LogP contribution is 2.37. The largest absolute Gasteiger partial charge is 0.458 e. The average Bonchev–Trinajstić information content (AvgIpc) is 3.08. The fraction of sp³-hybridized carbons (Fsp3) is 0.615. The molecule has 1 aliphatic rings. The van der Waals surface area contributed by atoms with E-state index in [0.29, 0.717) is 17.4 Å². The lowest BCUT2D eigenvalue weighted by Crippen LogP contribution is -2.24. The molecule has 18 heavy (non-hydrogen) atoms. The number of carbonyl (C=O) groups is 1. The molecule has 1 aliphatic carbocycles. The number of ether oxygens (including phenoxy) is 1. The Hall–Kier alpha value is -1.49. The number of esters is 1. The molecule has 0 radical (unpaired) electrons. The summed E-state index contributed by atoms with van der Waals surface area (Å²) in [6.07, 6.45) is 3.29. The number of hydrogen-bond donors (Lipinski definition) is 2. The van der Waals surface area contributed by atoms with E-state index in [2.05, 4.69) is 0 Å². The minimum absolute atomic E-state index is 0.0201. The second kappa shape index (κ2) is 5.02. The molecule has 0 aromatic carbocycles. The Labute approximate surface area is 107 Å². The summed E-state index contributed by atoms with van der Waals surface area (Å²) in [6.45, 7) is 3.78. The zero-order valence-corrected chi connectivity index (χ0v) is 10.8. The topological polar surface area (TPSA) is 77.5 Å². The normalized spacial score (nSPS) is 16.9. The van der Waals surface area contributed by atoms with Crippen molar-refractivity contribution in [1.82, 2.24) is 4.57 Å². The van der Waals surface area contributed by atoms with Crippen molar-refractivity contribution in [3.05, 3.63) is 18.0 Å². The maximum absolute atomic E-state index is 11.9. The summed E-state index contributed by atoms with van der Waals surface area (Å²) in [5.74, 6) is -0.351. The van der Waals surface area contributed by atoms with E-state index >= 15 is 0 Å². The van der Waals surface area contributed by atoms with Gasteiger partial charge in [-0.3, -0.25) is 0 Å². The first-order chi connectivity index (χ1) is 8.49. The molecule has 1 atom stereocenters. The third-order valence-corrected chi connectivity index (χ3v) is 3.17. The number of aliphatic hydroxyl groups excluding tert-OH is 1. The third kappa shape index (κ3) is 2.85. The molecule has 1 fully saturated rings. The summed E-state index contributed by atoms with van der Waals surface area (Å²) in [5, 5.41) is 9.61. The Morgan fingerprint density at radius 1 is 1.61 bits per heavy atom. The van der Waals surface area contributed by atoms with Crippen LogP contribution in [-0.2, 0) is 4.74 Å². The van der Waals surface area contributed by atoms with E-state index in [9.17, 15) is 9.90 Å². The van der Waals surface area contributed by atoms with Gasteiger partial charge in [-0.25, -0.2) is 4.79 Å². The van der Waals surface area contributed by atoms with Crippen molar-refractivity contribution in [2.24, 2.45) is 5.92 Å². The average molecular weight is 252 g/mol. The summed E-state index contributed by atoms with van der Waals surface area (Å²) < 4.78 is 6.99. The van der Waals surface area contributed by atoms with Crippen LogP contribution in [0.15, 0.2) is 12.3 Å². The summed E-state index contributed by atoms with van der Waals surface area (Å²) >= 11 is 0. The predicted octanol–water partition coefficient (Wildman–Crippen LogP) is 1.58. The molecule has 1 heterocycles. The molecular formula is C13H20N2O3. The Kier molecular flexibility index (Phi) is 3.61. The van der Waals surface area contributed by atoms with E-state index in [-0.39, 0.29) is 12.5 Å². The van der Waals surface area contributed by atoms with Crippen LogP contribution in [-0.4, -0.2) is 28.4 Å². The second-order valence-electron chi connectivity index (χ2n) is 5.21. The molecule has 0 aliphatic heterocycles. The first-order valence-electron chi connectivity index (χ1n) is 6.31. The molecule has 1 aromatic rings. The van der Waals surface area contributed by atoms with Crippen molar-refractivity contribution in [2.45, 2.75) is 38.8 Å². The summed E-state index contributed by atoms with van der Waals surface area (Å²) in [4.78, 5) is 11.9. The molecule has 1 aromatic heterocycles. The van der Waals surface area contributed by atoms with E-state index < -0.39 is 12.1 Å². The quantitative estimate of drug-likeness (QED) is 0.780. The van der Waals surface area contributed by atoms with Gasteiger partial charge in [0, 0.05) is 12.2 Å². The molecule has 3 N–H and O–H groups in total. The number of rotatable bonds is 5. The third-order valence-electron chi connectivity index (χ3n) is 3.17. The van der Waals surface area contributed by atoms with Gasteiger partial charge in [0.15, 0.2) is 0 Å². The highest BCUT2D eigenvalue weighted by molar-refractivity contribution is 5.89. The lowest BCUT2D eigenvalue weighted by atomic mass is 10.1. The van der Waals surface area contributed by atoms with Crippen molar-refractivity contribution in [3.63, 3.8) is 0 Å². The van der Waals surface area contributed by atoms with E-state index in [4.69, 9.17) is 10.5 Å². The van der Waals surface area contributed by atoms with Crippen molar-refractivity contribution in [1.29, 1.82) is 0 Å². The van der Waals surface area contributed by atoms with Gasteiger partial charge in [-0.1, -0.05) is 13.8 Å². The first-order valence-corrected chi connectivity index (χ1v) is 6.31. The van der Waals surface area contributed by atoms with Gasteiger partial charge in [0.1, 0.15) is 12.3 Å². The van der Waals surface area contributed by atoms with Gasteiger partial charge in [0.05, 0.1) is 11.8 Å². The van der Waals surface area contributed by atoms with Crippen LogP contribution in [0, 0.1) is 5.92 Å². The number of aliphatic hydroxyl groups is 1. The van der Waals surface area contributed by atoms with Crippen molar-refractivity contribution in [2.75, 3.05) is 12.3 Å². The van der Waals surface area contributed by atoms with Crippen LogP contribution < -0.4 is 5.73 Å². The van der Waals surface area contributed by atoms with Crippen molar-refractivity contribution in [3.8, 4) is 0 Å². The van der Waals surface area contributed by atoms with Gasteiger partial charge in [-0.05, 0) is 24.8 Å². The van der Waals surface area contributed by atoms with Crippen LogP contribution in [0.5, 0.6) is 0 Å². The number of carbonyl (C=O) groups excluding carboxylic acids is 1. The van der Waals surface area contributed by atoms with Gasteiger partial charge in [0.25, 0.3) is 0 Å². The molecule has 0 saturated heterocycles. The van der Waals surface area contributed by atoms with Crippen LogP contribution in [0.1, 0.15) is 43.2 Å². The fourth-order valence-electron chi connectivity index (χ4n) is 1.75. The monoisotopic (exact) mass is 252 g/mol. The smallest absolute Gasteiger partial charge is 0.355 e. The molecular weight excluding hydrogens is 232 g/mol. The van der Waals surface area contributed by atoms with Crippen LogP contribution >= 0.6 is 0 Å². The molecule has 2 rings (SSSR count). The fourth-order valence-corrected chi connectivity index (χ4v) is 1.75.